The third-order valence-corrected chi connectivity index (χ3v) is 2.37. The van der Waals surface area contributed by atoms with Crippen LogP contribution >= 0.6 is 11.6 Å². The van der Waals surface area contributed by atoms with Gasteiger partial charge in [-0.25, -0.2) is 4.39 Å². The van der Waals surface area contributed by atoms with Crippen LogP contribution in [0.15, 0.2) is 18.2 Å². The normalized spacial score (nSPS) is 10.1. The minimum Gasteiger partial charge on any atom is -0.492 e. The van der Waals surface area contributed by atoms with Gasteiger partial charge in [0.15, 0.2) is 0 Å². The zero-order valence-electron chi connectivity index (χ0n) is 10.7. The van der Waals surface area contributed by atoms with Crippen LogP contribution in [-0.4, -0.2) is 38.0 Å². The smallest absolute Gasteiger partial charge is 0.137 e. The van der Waals surface area contributed by atoms with Gasteiger partial charge in [0.25, 0.3) is 0 Å². The fraction of sp³-hybridized carbons (Fsp3) is 0.429. The Morgan fingerprint density at radius 3 is 2.83 bits per heavy atom. The van der Waals surface area contributed by atoms with Crippen molar-refractivity contribution in [1.29, 1.82) is 0 Å². The van der Waals surface area contributed by atoms with Crippen molar-refractivity contribution < 1.29 is 9.13 Å². The molecule has 2 nitrogen and oxygen atoms in total. The quantitative estimate of drug-likeness (QED) is 0.463. The molecule has 0 heterocycles. The number of hydrogen-bond acceptors (Lipinski definition) is 2. The van der Waals surface area contributed by atoms with E-state index in [1.165, 1.54) is 12.1 Å². The molecule has 0 aromatic heterocycles. The van der Waals surface area contributed by atoms with Gasteiger partial charge in [-0.1, -0.05) is 11.8 Å². The molecule has 0 amide bonds. The van der Waals surface area contributed by atoms with Crippen molar-refractivity contribution in [1.82, 2.24) is 4.90 Å². The van der Waals surface area contributed by atoms with E-state index in [1.807, 2.05) is 14.1 Å². The molecule has 1 rings (SSSR count). The lowest BCUT2D eigenvalue weighted by molar-refractivity contribution is 0.280. The third kappa shape index (κ3) is 5.39. The summed E-state index contributed by atoms with van der Waals surface area (Å²) in [6.45, 7) is 1.47. The van der Waals surface area contributed by atoms with Crippen molar-refractivity contribution in [2.45, 2.75) is 6.42 Å². The summed E-state index contributed by atoms with van der Waals surface area (Å²) in [4.78, 5) is 2.07. The topological polar surface area (TPSA) is 12.5 Å². The Kier molecular flexibility index (Phi) is 6.56. The van der Waals surface area contributed by atoms with Crippen molar-refractivity contribution in [3.63, 3.8) is 0 Å². The fourth-order valence-electron chi connectivity index (χ4n) is 1.41. The molecule has 0 saturated heterocycles. The molecule has 1 aromatic carbocycles. The molecule has 18 heavy (non-hydrogen) atoms. The van der Waals surface area contributed by atoms with Crippen LogP contribution in [0.25, 0.3) is 0 Å². The van der Waals surface area contributed by atoms with Crippen LogP contribution in [0, 0.1) is 17.7 Å². The van der Waals surface area contributed by atoms with Crippen molar-refractivity contribution in [2.75, 3.05) is 33.1 Å². The molecule has 1 aromatic rings. The standard InChI is InChI=1S/C14H17ClFNO/c1-17(2)9-4-10-18-14-11-13(16)7-6-12(14)5-3-8-15/h6-7,11H,4,8-10H2,1-2H3. The van der Waals surface area contributed by atoms with Gasteiger partial charge in [0.1, 0.15) is 11.6 Å². The summed E-state index contributed by atoms with van der Waals surface area (Å²) in [7, 11) is 4.00. The van der Waals surface area contributed by atoms with Gasteiger partial charge < -0.3 is 9.64 Å². The number of halogens is 2. The number of benzene rings is 1. The molecule has 0 atom stereocenters. The van der Waals surface area contributed by atoms with Crippen molar-refractivity contribution >= 4 is 11.6 Å². The molecular weight excluding hydrogens is 253 g/mol. The van der Waals surface area contributed by atoms with E-state index in [4.69, 9.17) is 16.3 Å². The summed E-state index contributed by atoms with van der Waals surface area (Å²) in [5.41, 5.74) is 0.668. The molecule has 0 aliphatic rings. The van der Waals surface area contributed by atoms with Gasteiger partial charge in [-0.05, 0) is 32.6 Å². The minimum absolute atomic E-state index is 0.247. The third-order valence-electron chi connectivity index (χ3n) is 2.24. The summed E-state index contributed by atoms with van der Waals surface area (Å²) >= 11 is 5.50. The number of nitrogens with zero attached hydrogens (tertiary/aromatic N) is 1. The maximum absolute atomic E-state index is 13.1. The second-order valence-corrected chi connectivity index (χ2v) is 4.35. The highest BCUT2D eigenvalue weighted by Crippen LogP contribution is 2.19. The Morgan fingerprint density at radius 2 is 2.17 bits per heavy atom. The Balaban J connectivity index is 2.64. The lowest BCUT2D eigenvalue weighted by Crippen LogP contribution is -2.15. The molecule has 0 saturated carbocycles. The summed E-state index contributed by atoms with van der Waals surface area (Å²) in [6, 6.07) is 4.33. The molecule has 0 bridgehead atoms. The predicted molar refractivity (Wildman–Crippen MR) is 72.7 cm³/mol. The molecule has 0 aliphatic heterocycles. The van der Waals surface area contributed by atoms with Crippen LogP contribution in [0.5, 0.6) is 5.75 Å². The van der Waals surface area contributed by atoms with Gasteiger partial charge in [0, 0.05) is 12.6 Å². The SMILES string of the molecule is CN(C)CCCOc1cc(F)ccc1C#CCCl. The van der Waals surface area contributed by atoms with E-state index in [9.17, 15) is 4.39 Å². The van der Waals surface area contributed by atoms with E-state index >= 15 is 0 Å². The summed E-state index contributed by atoms with van der Waals surface area (Å²) in [5.74, 6) is 5.99. The predicted octanol–water partition coefficient (Wildman–Crippen LogP) is 2.75. The fourth-order valence-corrected chi connectivity index (χ4v) is 1.48. The van der Waals surface area contributed by atoms with Crippen LogP contribution < -0.4 is 4.74 Å². The largest absolute Gasteiger partial charge is 0.492 e. The summed E-state index contributed by atoms with van der Waals surface area (Å²) in [5, 5.41) is 0. The molecule has 0 spiro atoms. The van der Waals surface area contributed by atoms with Crippen LogP contribution in [0.1, 0.15) is 12.0 Å². The first kappa shape index (κ1) is 14.8. The first-order chi connectivity index (χ1) is 8.63. The average Bonchev–Trinajstić information content (AvgIpc) is 2.33. The van der Waals surface area contributed by atoms with Crippen LogP contribution in [0.2, 0.25) is 0 Å². The average molecular weight is 270 g/mol. The molecule has 0 unspecified atom stereocenters. The van der Waals surface area contributed by atoms with Crippen molar-refractivity contribution in [3.8, 4) is 17.6 Å². The maximum Gasteiger partial charge on any atom is 0.137 e. The van der Waals surface area contributed by atoms with Gasteiger partial charge in [-0.2, -0.15) is 0 Å². The van der Waals surface area contributed by atoms with Gasteiger partial charge in [0.05, 0.1) is 18.1 Å². The number of alkyl halides is 1. The molecule has 0 N–H and O–H groups in total. The van der Waals surface area contributed by atoms with Crippen LogP contribution in [-0.2, 0) is 0 Å². The zero-order chi connectivity index (χ0) is 13.4. The number of rotatable bonds is 5. The van der Waals surface area contributed by atoms with E-state index < -0.39 is 0 Å². The molecule has 98 valence electrons. The maximum atomic E-state index is 13.1. The van der Waals surface area contributed by atoms with Crippen LogP contribution in [0.4, 0.5) is 4.39 Å². The molecule has 0 radical (unpaired) electrons. The van der Waals surface area contributed by atoms with Gasteiger partial charge in [-0.15, -0.1) is 11.6 Å². The molecule has 4 heteroatoms. The first-order valence-electron chi connectivity index (χ1n) is 5.75. The highest BCUT2D eigenvalue weighted by molar-refractivity contribution is 6.19. The summed E-state index contributed by atoms with van der Waals surface area (Å²) < 4.78 is 18.7. The molecule has 0 aliphatic carbocycles. The van der Waals surface area contributed by atoms with Gasteiger partial charge in [0.2, 0.25) is 0 Å². The Labute approximate surface area is 113 Å². The Hall–Kier alpha value is -1.24. The second-order valence-electron chi connectivity index (χ2n) is 4.08. The second kappa shape index (κ2) is 7.97. The summed E-state index contributed by atoms with van der Waals surface area (Å²) in [6.07, 6.45) is 0.881. The Morgan fingerprint density at radius 1 is 1.39 bits per heavy atom. The lowest BCUT2D eigenvalue weighted by atomic mass is 10.2. The lowest BCUT2D eigenvalue weighted by Gasteiger charge is -2.11. The molecule has 0 fully saturated rings. The van der Waals surface area contributed by atoms with E-state index in [1.54, 1.807) is 6.07 Å². The van der Waals surface area contributed by atoms with E-state index in [0.717, 1.165) is 13.0 Å². The van der Waals surface area contributed by atoms with Crippen molar-refractivity contribution in [3.05, 3.63) is 29.6 Å². The first-order valence-corrected chi connectivity index (χ1v) is 6.29. The van der Waals surface area contributed by atoms with Gasteiger partial charge in [-0.3, -0.25) is 0 Å². The zero-order valence-corrected chi connectivity index (χ0v) is 11.4. The minimum atomic E-state index is -0.325. The van der Waals surface area contributed by atoms with E-state index in [2.05, 4.69) is 16.7 Å². The number of ether oxygens (including phenoxy) is 1. The number of hydrogen-bond donors (Lipinski definition) is 0. The highest BCUT2D eigenvalue weighted by atomic mass is 35.5. The van der Waals surface area contributed by atoms with Crippen molar-refractivity contribution in [2.24, 2.45) is 0 Å². The highest BCUT2D eigenvalue weighted by Gasteiger charge is 2.03. The van der Waals surface area contributed by atoms with Gasteiger partial charge >= 0.3 is 0 Å². The van der Waals surface area contributed by atoms with Crippen LogP contribution in [0.3, 0.4) is 0 Å². The monoisotopic (exact) mass is 269 g/mol. The Bertz CT molecular complexity index is 437. The molecular formula is C14H17ClFNO. The van der Waals surface area contributed by atoms with E-state index in [0.29, 0.717) is 17.9 Å². The van der Waals surface area contributed by atoms with E-state index in [-0.39, 0.29) is 11.7 Å².